The standard InChI is InChI=1S/C24H19FN4O3S/c1-32-22-12-9-18(13-20(22)25)23-21(14-26)29(15-16-5-3-2-4-6-16)28-24(23)17-7-10-19(11-8-17)33(27,30)31/h2-13H,15H2,1H3,(H2,27,30,31). The summed E-state index contributed by atoms with van der Waals surface area (Å²) in [5, 5.41) is 19.8. The van der Waals surface area contributed by atoms with Crippen molar-refractivity contribution in [2.45, 2.75) is 11.4 Å². The molecule has 0 radical (unpaired) electrons. The molecule has 2 N–H and O–H groups in total. The Balaban J connectivity index is 1.92. The van der Waals surface area contributed by atoms with Crippen LogP contribution in [0, 0.1) is 17.1 Å². The predicted octanol–water partition coefficient (Wildman–Crippen LogP) is 3.93. The minimum atomic E-state index is -3.87. The van der Waals surface area contributed by atoms with Gasteiger partial charge in [-0.15, -0.1) is 0 Å². The number of rotatable bonds is 6. The van der Waals surface area contributed by atoms with Gasteiger partial charge in [0.05, 0.1) is 18.6 Å². The van der Waals surface area contributed by atoms with Crippen molar-refractivity contribution in [1.29, 1.82) is 5.26 Å². The molecule has 7 nitrogen and oxygen atoms in total. The summed E-state index contributed by atoms with van der Waals surface area (Å²) in [6.45, 7) is 0.324. The topological polar surface area (TPSA) is 111 Å². The van der Waals surface area contributed by atoms with E-state index in [0.29, 0.717) is 28.9 Å². The maximum Gasteiger partial charge on any atom is 0.238 e. The van der Waals surface area contributed by atoms with Gasteiger partial charge in [0.15, 0.2) is 11.6 Å². The molecular formula is C24H19FN4O3S. The van der Waals surface area contributed by atoms with Crippen molar-refractivity contribution in [3.8, 4) is 34.2 Å². The SMILES string of the molecule is COc1ccc(-c2c(-c3ccc(S(N)(=O)=O)cc3)nn(Cc3ccccc3)c2C#N)cc1F. The van der Waals surface area contributed by atoms with Gasteiger partial charge in [-0.05, 0) is 35.4 Å². The Bertz CT molecular complexity index is 1460. The first kappa shape index (κ1) is 22.2. The molecule has 166 valence electrons. The Morgan fingerprint density at radius 3 is 2.30 bits per heavy atom. The molecule has 0 amide bonds. The van der Waals surface area contributed by atoms with Gasteiger partial charge in [0, 0.05) is 11.1 Å². The van der Waals surface area contributed by atoms with Crippen LogP contribution in [0.3, 0.4) is 0 Å². The molecule has 9 heteroatoms. The van der Waals surface area contributed by atoms with Crippen LogP contribution in [0.1, 0.15) is 11.3 Å². The lowest BCUT2D eigenvalue weighted by molar-refractivity contribution is 0.386. The summed E-state index contributed by atoms with van der Waals surface area (Å²) < 4.78 is 44.4. The first-order chi connectivity index (χ1) is 15.8. The number of nitrogens with zero attached hydrogens (tertiary/aromatic N) is 3. The highest BCUT2D eigenvalue weighted by molar-refractivity contribution is 7.89. The van der Waals surface area contributed by atoms with Gasteiger partial charge in [0.2, 0.25) is 10.0 Å². The monoisotopic (exact) mass is 462 g/mol. The number of halogens is 1. The Labute approximate surface area is 190 Å². The van der Waals surface area contributed by atoms with Gasteiger partial charge in [-0.25, -0.2) is 22.6 Å². The molecule has 0 saturated heterocycles. The molecule has 0 aliphatic heterocycles. The van der Waals surface area contributed by atoms with Crippen molar-refractivity contribution in [2.24, 2.45) is 5.14 Å². The molecule has 0 aliphatic rings. The summed E-state index contributed by atoms with van der Waals surface area (Å²) in [4.78, 5) is -0.0486. The van der Waals surface area contributed by atoms with Crippen molar-refractivity contribution in [3.63, 3.8) is 0 Å². The van der Waals surface area contributed by atoms with Crippen molar-refractivity contribution in [2.75, 3.05) is 7.11 Å². The van der Waals surface area contributed by atoms with Crippen LogP contribution in [-0.2, 0) is 16.6 Å². The average Bonchev–Trinajstić information content (AvgIpc) is 3.17. The molecule has 0 atom stereocenters. The highest BCUT2D eigenvalue weighted by Gasteiger charge is 2.22. The number of primary sulfonamides is 1. The van der Waals surface area contributed by atoms with Crippen LogP contribution in [0.5, 0.6) is 5.75 Å². The second-order valence-corrected chi connectivity index (χ2v) is 8.81. The first-order valence-electron chi connectivity index (χ1n) is 9.84. The number of aromatic nitrogens is 2. The molecule has 33 heavy (non-hydrogen) atoms. The van der Waals surface area contributed by atoms with Crippen molar-refractivity contribution in [3.05, 3.63) is 89.9 Å². The number of nitriles is 1. The van der Waals surface area contributed by atoms with Crippen LogP contribution in [0.2, 0.25) is 0 Å². The van der Waals surface area contributed by atoms with E-state index in [1.165, 1.54) is 31.4 Å². The third kappa shape index (κ3) is 4.48. The lowest BCUT2D eigenvalue weighted by Gasteiger charge is -2.07. The number of nitrogens with two attached hydrogens (primary N) is 1. The van der Waals surface area contributed by atoms with Crippen LogP contribution >= 0.6 is 0 Å². The average molecular weight is 463 g/mol. The molecule has 1 aromatic heterocycles. The summed E-state index contributed by atoms with van der Waals surface area (Å²) in [7, 11) is -2.50. The molecule has 4 rings (SSSR count). The predicted molar refractivity (Wildman–Crippen MR) is 121 cm³/mol. The Morgan fingerprint density at radius 1 is 1.06 bits per heavy atom. The van der Waals surface area contributed by atoms with Gasteiger partial charge in [0.25, 0.3) is 0 Å². The third-order valence-corrected chi connectivity index (χ3v) is 6.06. The van der Waals surface area contributed by atoms with Crippen molar-refractivity contribution >= 4 is 10.0 Å². The summed E-state index contributed by atoms with van der Waals surface area (Å²) in [5.74, 6) is -0.502. The number of hydrogen-bond acceptors (Lipinski definition) is 5. The second kappa shape index (κ2) is 8.86. The molecule has 0 bridgehead atoms. The minimum Gasteiger partial charge on any atom is -0.494 e. The van der Waals surface area contributed by atoms with Crippen LogP contribution in [-0.4, -0.2) is 25.3 Å². The van der Waals surface area contributed by atoms with E-state index in [4.69, 9.17) is 9.88 Å². The van der Waals surface area contributed by atoms with E-state index in [1.54, 1.807) is 22.9 Å². The van der Waals surface area contributed by atoms with Gasteiger partial charge < -0.3 is 4.74 Å². The van der Waals surface area contributed by atoms with Crippen LogP contribution in [0.4, 0.5) is 4.39 Å². The zero-order valence-corrected chi connectivity index (χ0v) is 18.4. The quantitative estimate of drug-likeness (QED) is 0.467. The van der Waals surface area contributed by atoms with E-state index < -0.39 is 15.8 Å². The van der Waals surface area contributed by atoms with E-state index in [0.717, 1.165) is 5.56 Å². The van der Waals surface area contributed by atoms with E-state index in [1.807, 2.05) is 30.3 Å². The van der Waals surface area contributed by atoms with Gasteiger partial charge in [0.1, 0.15) is 17.5 Å². The summed E-state index contributed by atoms with van der Waals surface area (Å²) in [6.07, 6.45) is 0. The molecule has 1 heterocycles. The lowest BCUT2D eigenvalue weighted by Crippen LogP contribution is -2.11. The zero-order chi connectivity index (χ0) is 23.6. The fraction of sp³-hybridized carbons (Fsp3) is 0.0833. The highest BCUT2D eigenvalue weighted by atomic mass is 32.2. The fourth-order valence-corrected chi connectivity index (χ4v) is 4.06. The first-order valence-corrected chi connectivity index (χ1v) is 11.4. The molecule has 0 spiro atoms. The van der Waals surface area contributed by atoms with Gasteiger partial charge in [-0.1, -0.05) is 48.5 Å². The normalized spacial score (nSPS) is 11.2. The van der Waals surface area contributed by atoms with Gasteiger partial charge in [-0.3, -0.25) is 0 Å². The number of hydrogen-bond donors (Lipinski definition) is 1. The Kier molecular flexibility index (Phi) is 5.96. The fourth-order valence-electron chi connectivity index (χ4n) is 3.55. The Hall–Kier alpha value is -4.00. The number of sulfonamides is 1. The molecule has 3 aromatic carbocycles. The number of benzene rings is 3. The molecule has 0 unspecified atom stereocenters. The lowest BCUT2D eigenvalue weighted by atomic mass is 9.99. The molecule has 0 fully saturated rings. The molecule has 4 aromatic rings. The van der Waals surface area contributed by atoms with Gasteiger partial charge >= 0.3 is 0 Å². The second-order valence-electron chi connectivity index (χ2n) is 7.25. The van der Waals surface area contributed by atoms with Crippen molar-refractivity contribution in [1.82, 2.24) is 9.78 Å². The van der Waals surface area contributed by atoms with E-state index in [2.05, 4.69) is 11.2 Å². The largest absolute Gasteiger partial charge is 0.494 e. The number of ether oxygens (including phenoxy) is 1. The molecule has 0 aliphatic carbocycles. The van der Waals surface area contributed by atoms with E-state index >= 15 is 0 Å². The summed E-state index contributed by atoms with van der Waals surface area (Å²) >= 11 is 0. The minimum absolute atomic E-state index is 0.0486. The molecular weight excluding hydrogens is 443 g/mol. The maximum absolute atomic E-state index is 14.5. The van der Waals surface area contributed by atoms with E-state index in [9.17, 15) is 18.1 Å². The molecule has 0 saturated carbocycles. The summed E-state index contributed by atoms with van der Waals surface area (Å²) in [5.41, 5.74) is 3.01. The number of methoxy groups -OCH3 is 1. The Morgan fingerprint density at radius 2 is 1.73 bits per heavy atom. The van der Waals surface area contributed by atoms with Crippen LogP contribution in [0.25, 0.3) is 22.4 Å². The van der Waals surface area contributed by atoms with Crippen LogP contribution in [0.15, 0.2) is 77.7 Å². The summed E-state index contributed by atoms with van der Waals surface area (Å²) in [6, 6.07) is 21.9. The third-order valence-electron chi connectivity index (χ3n) is 5.13. The zero-order valence-electron chi connectivity index (χ0n) is 17.6. The maximum atomic E-state index is 14.5. The van der Waals surface area contributed by atoms with Crippen molar-refractivity contribution < 1.29 is 17.5 Å². The van der Waals surface area contributed by atoms with Crippen LogP contribution < -0.4 is 9.88 Å². The smallest absolute Gasteiger partial charge is 0.238 e. The van der Waals surface area contributed by atoms with E-state index in [-0.39, 0.29) is 16.3 Å². The highest BCUT2D eigenvalue weighted by Crippen LogP contribution is 2.36. The van der Waals surface area contributed by atoms with Gasteiger partial charge in [-0.2, -0.15) is 10.4 Å².